The molecule has 0 amide bonds. The van der Waals surface area contributed by atoms with E-state index < -0.39 is 25.1 Å². The maximum Gasteiger partial charge on any atom is 0.240 e. The summed E-state index contributed by atoms with van der Waals surface area (Å²) >= 11 is 0. The van der Waals surface area contributed by atoms with E-state index in [1.165, 1.54) is 55.9 Å². The molecule has 1 atom stereocenters. The molecule has 0 aliphatic heterocycles. The van der Waals surface area contributed by atoms with Crippen molar-refractivity contribution in [1.82, 2.24) is 9.71 Å². The molecular weight excluding hydrogens is 452 g/mol. The monoisotopic (exact) mass is 476 g/mol. The molecule has 1 aromatic heterocycles. The molecule has 8 nitrogen and oxygen atoms in total. The quantitative estimate of drug-likeness (QED) is 0.479. The van der Waals surface area contributed by atoms with E-state index >= 15 is 0 Å². The van der Waals surface area contributed by atoms with Gasteiger partial charge >= 0.3 is 0 Å². The van der Waals surface area contributed by atoms with Crippen LogP contribution in [0.25, 0.3) is 0 Å². The first-order chi connectivity index (χ1) is 15.3. The van der Waals surface area contributed by atoms with Gasteiger partial charge in [-0.2, -0.15) is 0 Å². The lowest BCUT2D eigenvalue weighted by atomic mass is 10.2. The van der Waals surface area contributed by atoms with Gasteiger partial charge in [0.15, 0.2) is 9.84 Å². The minimum Gasteiger partial charge on any atom is -0.497 e. The van der Waals surface area contributed by atoms with E-state index in [1.807, 2.05) is 6.92 Å². The van der Waals surface area contributed by atoms with Crippen molar-refractivity contribution in [1.29, 1.82) is 0 Å². The molecule has 10 heteroatoms. The molecule has 3 rings (SSSR count). The van der Waals surface area contributed by atoms with Gasteiger partial charge in [0.2, 0.25) is 10.0 Å². The molecule has 170 valence electrons. The molecule has 3 aromatic rings. The summed E-state index contributed by atoms with van der Waals surface area (Å²) < 4.78 is 65.2. The van der Waals surface area contributed by atoms with Crippen LogP contribution < -0.4 is 14.2 Å². The van der Waals surface area contributed by atoms with E-state index in [0.29, 0.717) is 23.7 Å². The third-order valence-electron chi connectivity index (χ3n) is 4.72. The summed E-state index contributed by atoms with van der Waals surface area (Å²) in [4.78, 5) is 4.05. The SMILES string of the molecule is CCOc1ccc(S(=O)(=O)C(CNS(=O)(=O)c2ccc(OC)cc2)c2cccnc2)cc1. The minimum atomic E-state index is -3.96. The van der Waals surface area contributed by atoms with Crippen molar-refractivity contribution in [2.45, 2.75) is 22.0 Å². The Balaban J connectivity index is 1.91. The molecule has 0 bridgehead atoms. The molecule has 0 saturated carbocycles. The number of methoxy groups -OCH3 is 1. The van der Waals surface area contributed by atoms with Crippen LogP contribution in [0.5, 0.6) is 11.5 Å². The number of hydrogen-bond donors (Lipinski definition) is 1. The topological polar surface area (TPSA) is 112 Å². The highest BCUT2D eigenvalue weighted by molar-refractivity contribution is 7.92. The van der Waals surface area contributed by atoms with Crippen LogP contribution in [0.2, 0.25) is 0 Å². The fraction of sp³-hybridized carbons (Fsp3) is 0.227. The summed E-state index contributed by atoms with van der Waals surface area (Å²) in [5.41, 5.74) is 0.374. The lowest BCUT2D eigenvalue weighted by molar-refractivity contribution is 0.340. The van der Waals surface area contributed by atoms with Crippen molar-refractivity contribution in [2.75, 3.05) is 20.3 Å². The third-order valence-corrected chi connectivity index (χ3v) is 8.28. The Morgan fingerprint density at radius 2 is 1.53 bits per heavy atom. The molecule has 0 aliphatic carbocycles. The number of aromatic nitrogens is 1. The van der Waals surface area contributed by atoms with E-state index in [0.717, 1.165) is 0 Å². The van der Waals surface area contributed by atoms with Gasteiger partial charge in [-0.15, -0.1) is 0 Å². The number of sulfonamides is 1. The summed E-state index contributed by atoms with van der Waals surface area (Å²) in [6, 6.07) is 15.1. The van der Waals surface area contributed by atoms with Crippen molar-refractivity contribution in [3.05, 3.63) is 78.6 Å². The van der Waals surface area contributed by atoms with Gasteiger partial charge in [0.05, 0.1) is 23.5 Å². The van der Waals surface area contributed by atoms with Crippen LogP contribution in [0, 0.1) is 0 Å². The zero-order valence-electron chi connectivity index (χ0n) is 17.6. The Morgan fingerprint density at radius 1 is 0.906 bits per heavy atom. The van der Waals surface area contributed by atoms with Crippen LogP contribution >= 0.6 is 0 Å². The van der Waals surface area contributed by atoms with E-state index in [2.05, 4.69) is 9.71 Å². The summed E-state index contributed by atoms with van der Waals surface area (Å²) in [5.74, 6) is 1.06. The third kappa shape index (κ3) is 5.45. The molecule has 1 N–H and O–H groups in total. The first-order valence-electron chi connectivity index (χ1n) is 9.78. The second kappa shape index (κ2) is 10.1. The normalized spacial score (nSPS) is 12.8. The van der Waals surface area contributed by atoms with E-state index in [1.54, 1.807) is 24.3 Å². The second-order valence-electron chi connectivity index (χ2n) is 6.75. The molecule has 0 aliphatic rings. The molecule has 0 radical (unpaired) electrons. The highest BCUT2D eigenvalue weighted by atomic mass is 32.2. The average Bonchev–Trinajstić information content (AvgIpc) is 2.80. The molecular formula is C22H24N2O6S2. The van der Waals surface area contributed by atoms with Crippen LogP contribution in [-0.4, -0.2) is 42.1 Å². The predicted molar refractivity (Wildman–Crippen MR) is 120 cm³/mol. The fourth-order valence-electron chi connectivity index (χ4n) is 3.05. The summed E-state index contributed by atoms with van der Waals surface area (Å²) in [7, 11) is -6.42. The molecule has 0 fully saturated rings. The summed E-state index contributed by atoms with van der Waals surface area (Å²) in [6.07, 6.45) is 2.93. The number of nitrogens with one attached hydrogen (secondary N) is 1. The molecule has 1 heterocycles. The van der Waals surface area contributed by atoms with Crippen LogP contribution in [0.4, 0.5) is 0 Å². The van der Waals surface area contributed by atoms with Crippen molar-refractivity contribution in [3.63, 3.8) is 0 Å². The van der Waals surface area contributed by atoms with E-state index in [4.69, 9.17) is 9.47 Å². The Morgan fingerprint density at radius 3 is 2.09 bits per heavy atom. The van der Waals surface area contributed by atoms with Gasteiger partial charge in [-0.3, -0.25) is 4.98 Å². The summed E-state index contributed by atoms with van der Waals surface area (Å²) in [6.45, 7) is 1.92. The number of pyridine rings is 1. The Bertz CT molecular complexity index is 1230. The van der Waals surface area contributed by atoms with E-state index in [9.17, 15) is 16.8 Å². The lowest BCUT2D eigenvalue weighted by Crippen LogP contribution is -2.32. The van der Waals surface area contributed by atoms with Crippen molar-refractivity contribution in [3.8, 4) is 11.5 Å². The van der Waals surface area contributed by atoms with Gasteiger partial charge in [-0.25, -0.2) is 21.6 Å². The van der Waals surface area contributed by atoms with Gasteiger partial charge in [0.1, 0.15) is 16.7 Å². The number of nitrogens with zero attached hydrogens (tertiary/aromatic N) is 1. The van der Waals surface area contributed by atoms with Gasteiger partial charge in [-0.1, -0.05) is 6.07 Å². The zero-order chi connectivity index (χ0) is 23.2. The first-order valence-corrected chi connectivity index (χ1v) is 12.8. The zero-order valence-corrected chi connectivity index (χ0v) is 19.3. The van der Waals surface area contributed by atoms with Crippen molar-refractivity contribution < 1.29 is 26.3 Å². The number of hydrogen-bond acceptors (Lipinski definition) is 7. The highest BCUT2D eigenvalue weighted by Gasteiger charge is 2.31. The summed E-state index contributed by atoms with van der Waals surface area (Å²) in [5, 5.41) is -1.18. The largest absolute Gasteiger partial charge is 0.497 e. The van der Waals surface area contributed by atoms with Crippen LogP contribution in [0.3, 0.4) is 0 Å². The van der Waals surface area contributed by atoms with Crippen LogP contribution in [-0.2, 0) is 19.9 Å². The smallest absolute Gasteiger partial charge is 0.240 e. The molecule has 0 saturated heterocycles. The van der Waals surface area contributed by atoms with Gasteiger partial charge < -0.3 is 9.47 Å². The van der Waals surface area contributed by atoms with Crippen molar-refractivity contribution in [2.24, 2.45) is 0 Å². The van der Waals surface area contributed by atoms with E-state index in [-0.39, 0.29) is 16.3 Å². The second-order valence-corrected chi connectivity index (χ2v) is 10.6. The lowest BCUT2D eigenvalue weighted by Gasteiger charge is -2.19. The average molecular weight is 477 g/mol. The van der Waals surface area contributed by atoms with Gasteiger partial charge in [0, 0.05) is 18.9 Å². The maximum atomic E-state index is 13.4. The number of ether oxygens (including phenoxy) is 2. The van der Waals surface area contributed by atoms with Gasteiger partial charge in [-0.05, 0) is 67.1 Å². The number of rotatable bonds is 10. The number of sulfone groups is 1. The molecule has 2 aromatic carbocycles. The molecule has 32 heavy (non-hydrogen) atoms. The van der Waals surface area contributed by atoms with Crippen molar-refractivity contribution >= 4 is 19.9 Å². The van der Waals surface area contributed by atoms with Gasteiger partial charge in [0.25, 0.3) is 0 Å². The number of benzene rings is 2. The van der Waals surface area contributed by atoms with Crippen LogP contribution in [0.1, 0.15) is 17.7 Å². The van der Waals surface area contributed by atoms with Crippen LogP contribution in [0.15, 0.2) is 82.8 Å². The maximum absolute atomic E-state index is 13.4. The minimum absolute atomic E-state index is 0.00158. The first kappa shape index (κ1) is 23.7. The highest BCUT2D eigenvalue weighted by Crippen LogP contribution is 2.30. The fourth-order valence-corrected chi connectivity index (χ4v) is 5.85. The Kier molecular flexibility index (Phi) is 7.49. The Hall–Kier alpha value is -2.95. The Labute approximate surface area is 188 Å². The molecule has 0 spiro atoms. The molecule has 1 unspecified atom stereocenters. The predicted octanol–water partition coefficient (Wildman–Crippen LogP) is 2.98. The standard InChI is InChI=1S/C22H24N2O6S2/c1-3-30-19-8-10-20(11-9-19)31(25,26)22(17-5-4-14-23-15-17)16-24-32(27,28)21-12-6-18(29-2)7-13-21/h4-15,22,24H,3,16H2,1-2H3.